The number of hydrogen-bond acceptors (Lipinski definition) is 4. The summed E-state index contributed by atoms with van der Waals surface area (Å²) in [6.45, 7) is 0.208. The average molecular weight is 312 g/mol. The number of primary amides is 1. The molecule has 0 saturated heterocycles. The number of amides is 1. The van der Waals surface area contributed by atoms with Crippen molar-refractivity contribution < 1.29 is 18.3 Å². The number of aliphatic hydroxyl groups is 1. The van der Waals surface area contributed by atoms with E-state index >= 15 is 0 Å². The van der Waals surface area contributed by atoms with Crippen LogP contribution in [-0.2, 0) is 10.0 Å². The Balaban J connectivity index is 2.09. The Morgan fingerprint density at radius 1 is 1.24 bits per heavy atom. The molecule has 116 valence electrons. The van der Waals surface area contributed by atoms with Crippen LogP contribution in [0.5, 0.6) is 0 Å². The molecule has 0 aliphatic heterocycles. The third-order valence-corrected chi connectivity index (χ3v) is 5.50. The smallest absolute Gasteiger partial charge is 0.248 e. The SMILES string of the molecule is NC(=O)c1ccc(S(=O)(=O)NCC2(CO)CCCC2)cc1. The Kier molecular flexibility index (Phi) is 4.65. The quantitative estimate of drug-likeness (QED) is 0.715. The Morgan fingerprint density at radius 2 is 1.81 bits per heavy atom. The third kappa shape index (κ3) is 3.61. The highest BCUT2D eigenvalue weighted by molar-refractivity contribution is 7.89. The van der Waals surface area contributed by atoms with Crippen LogP contribution in [0.1, 0.15) is 36.0 Å². The maximum absolute atomic E-state index is 12.2. The first kappa shape index (κ1) is 15.9. The highest BCUT2D eigenvalue weighted by Crippen LogP contribution is 2.37. The van der Waals surface area contributed by atoms with Crippen LogP contribution in [0.3, 0.4) is 0 Å². The van der Waals surface area contributed by atoms with Crippen LogP contribution in [0.15, 0.2) is 29.2 Å². The first-order chi connectivity index (χ1) is 9.88. The number of aliphatic hydroxyl groups excluding tert-OH is 1. The minimum atomic E-state index is -3.65. The van der Waals surface area contributed by atoms with E-state index in [2.05, 4.69) is 4.72 Å². The average Bonchev–Trinajstić information content (AvgIpc) is 2.95. The van der Waals surface area contributed by atoms with Crippen LogP contribution in [0.2, 0.25) is 0 Å². The van der Waals surface area contributed by atoms with Gasteiger partial charge in [-0.05, 0) is 37.1 Å². The Hall–Kier alpha value is -1.44. The van der Waals surface area contributed by atoms with Gasteiger partial charge in [-0.1, -0.05) is 12.8 Å². The van der Waals surface area contributed by atoms with E-state index in [0.717, 1.165) is 25.7 Å². The molecular weight excluding hydrogens is 292 g/mol. The highest BCUT2D eigenvalue weighted by atomic mass is 32.2. The minimum Gasteiger partial charge on any atom is -0.396 e. The van der Waals surface area contributed by atoms with E-state index in [1.54, 1.807) is 0 Å². The number of carbonyl (C=O) groups excluding carboxylic acids is 1. The number of nitrogens with one attached hydrogen (secondary N) is 1. The zero-order valence-corrected chi connectivity index (χ0v) is 12.5. The van der Waals surface area contributed by atoms with E-state index < -0.39 is 15.9 Å². The molecule has 0 heterocycles. The topological polar surface area (TPSA) is 109 Å². The summed E-state index contributed by atoms with van der Waals surface area (Å²) >= 11 is 0. The maximum atomic E-state index is 12.2. The fourth-order valence-electron chi connectivity index (χ4n) is 2.65. The third-order valence-electron chi connectivity index (χ3n) is 4.09. The second-order valence-electron chi connectivity index (χ2n) is 5.58. The van der Waals surface area contributed by atoms with Gasteiger partial charge in [0.15, 0.2) is 0 Å². The van der Waals surface area contributed by atoms with Crippen molar-refractivity contribution in [1.82, 2.24) is 4.72 Å². The molecule has 1 aliphatic rings. The van der Waals surface area contributed by atoms with E-state index in [0.29, 0.717) is 0 Å². The van der Waals surface area contributed by atoms with Crippen LogP contribution >= 0.6 is 0 Å². The summed E-state index contributed by atoms with van der Waals surface area (Å²) in [6.07, 6.45) is 3.67. The molecule has 0 radical (unpaired) electrons. The maximum Gasteiger partial charge on any atom is 0.248 e. The van der Waals surface area contributed by atoms with Gasteiger partial charge in [-0.25, -0.2) is 13.1 Å². The van der Waals surface area contributed by atoms with Gasteiger partial charge in [0.25, 0.3) is 0 Å². The molecule has 1 aliphatic carbocycles. The molecule has 6 nitrogen and oxygen atoms in total. The monoisotopic (exact) mass is 312 g/mol. The molecule has 1 aromatic carbocycles. The number of hydrogen-bond donors (Lipinski definition) is 3. The van der Waals surface area contributed by atoms with Crippen molar-refractivity contribution >= 4 is 15.9 Å². The van der Waals surface area contributed by atoms with Gasteiger partial charge in [-0.2, -0.15) is 0 Å². The van der Waals surface area contributed by atoms with Gasteiger partial charge >= 0.3 is 0 Å². The van der Waals surface area contributed by atoms with Gasteiger partial charge in [0.2, 0.25) is 15.9 Å². The Morgan fingerprint density at radius 3 is 2.29 bits per heavy atom. The number of benzene rings is 1. The van der Waals surface area contributed by atoms with Crippen LogP contribution in [0.25, 0.3) is 0 Å². The summed E-state index contributed by atoms with van der Waals surface area (Å²) in [7, 11) is -3.65. The van der Waals surface area contributed by atoms with Gasteiger partial charge in [0, 0.05) is 24.1 Å². The van der Waals surface area contributed by atoms with Gasteiger partial charge < -0.3 is 10.8 Å². The van der Waals surface area contributed by atoms with Crippen molar-refractivity contribution in [3.05, 3.63) is 29.8 Å². The summed E-state index contributed by atoms with van der Waals surface area (Å²) in [5.41, 5.74) is 5.03. The van der Waals surface area contributed by atoms with E-state index in [4.69, 9.17) is 5.73 Å². The fraction of sp³-hybridized carbons (Fsp3) is 0.500. The summed E-state index contributed by atoms with van der Waals surface area (Å²) in [4.78, 5) is 11.1. The molecule has 1 amide bonds. The largest absolute Gasteiger partial charge is 0.396 e. The summed E-state index contributed by atoms with van der Waals surface area (Å²) in [6, 6.07) is 5.47. The normalized spacial score (nSPS) is 17.8. The molecule has 7 heteroatoms. The lowest BCUT2D eigenvalue weighted by molar-refractivity contribution is 0.1000. The highest BCUT2D eigenvalue weighted by Gasteiger charge is 2.34. The lowest BCUT2D eigenvalue weighted by Gasteiger charge is -2.26. The molecule has 21 heavy (non-hydrogen) atoms. The van der Waals surface area contributed by atoms with Crippen LogP contribution in [0, 0.1) is 5.41 Å². The van der Waals surface area contributed by atoms with Gasteiger partial charge in [0.05, 0.1) is 4.90 Å². The molecule has 4 N–H and O–H groups in total. The first-order valence-electron chi connectivity index (χ1n) is 6.89. The molecule has 0 bridgehead atoms. The fourth-order valence-corrected chi connectivity index (χ4v) is 3.80. The molecule has 0 aromatic heterocycles. The summed E-state index contributed by atoms with van der Waals surface area (Å²) < 4.78 is 27.0. The molecule has 0 spiro atoms. The van der Waals surface area contributed by atoms with Crippen LogP contribution in [0.4, 0.5) is 0 Å². The molecule has 1 aromatic rings. The molecular formula is C14H20N2O4S. The summed E-state index contributed by atoms with van der Waals surface area (Å²) in [5.74, 6) is -0.600. The van der Waals surface area contributed by atoms with Crippen LogP contribution < -0.4 is 10.5 Å². The number of rotatable bonds is 6. The Labute approximate surface area is 124 Å². The lowest BCUT2D eigenvalue weighted by Crippen LogP contribution is -2.38. The van der Waals surface area contributed by atoms with Gasteiger partial charge in [-0.3, -0.25) is 4.79 Å². The number of nitrogens with two attached hydrogens (primary N) is 1. The van der Waals surface area contributed by atoms with Gasteiger partial charge in [-0.15, -0.1) is 0 Å². The van der Waals surface area contributed by atoms with Crippen molar-refractivity contribution in [1.29, 1.82) is 0 Å². The zero-order valence-electron chi connectivity index (χ0n) is 11.7. The van der Waals surface area contributed by atoms with Crippen molar-refractivity contribution in [2.24, 2.45) is 11.1 Å². The molecule has 0 unspecified atom stereocenters. The van der Waals surface area contributed by atoms with E-state index in [-0.39, 0.29) is 29.0 Å². The van der Waals surface area contributed by atoms with E-state index in [9.17, 15) is 18.3 Å². The van der Waals surface area contributed by atoms with Crippen molar-refractivity contribution in [3.8, 4) is 0 Å². The minimum absolute atomic E-state index is 0.0177. The van der Waals surface area contributed by atoms with E-state index in [1.165, 1.54) is 24.3 Å². The molecule has 2 rings (SSSR count). The predicted molar refractivity (Wildman–Crippen MR) is 78.1 cm³/mol. The standard InChI is InChI=1S/C14H20N2O4S/c15-13(18)11-3-5-12(6-4-11)21(19,20)16-9-14(10-17)7-1-2-8-14/h3-6,16-17H,1-2,7-10H2,(H2,15,18). The van der Waals surface area contributed by atoms with Crippen LogP contribution in [-0.4, -0.2) is 32.6 Å². The van der Waals surface area contributed by atoms with Gasteiger partial charge in [0.1, 0.15) is 0 Å². The number of carbonyl (C=O) groups is 1. The first-order valence-corrected chi connectivity index (χ1v) is 8.37. The molecule has 0 atom stereocenters. The zero-order chi connectivity index (χ0) is 15.5. The molecule has 1 saturated carbocycles. The van der Waals surface area contributed by atoms with E-state index in [1.807, 2.05) is 0 Å². The Bertz CT molecular complexity index is 604. The lowest BCUT2D eigenvalue weighted by atomic mass is 9.88. The second kappa shape index (κ2) is 6.13. The summed E-state index contributed by atoms with van der Waals surface area (Å²) in [5, 5.41) is 9.50. The second-order valence-corrected chi connectivity index (χ2v) is 7.35. The number of sulfonamides is 1. The predicted octanol–water partition coefficient (Wildman–Crippen LogP) is 0.616. The van der Waals surface area contributed by atoms with Crippen molar-refractivity contribution in [2.45, 2.75) is 30.6 Å². The molecule has 1 fully saturated rings. The van der Waals surface area contributed by atoms with Crippen molar-refractivity contribution in [3.63, 3.8) is 0 Å². The van der Waals surface area contributed by atoms with Crippen molar-refractivity contribution in [2.75, 3.05) is 13.2 Å².